The molecule has 1 fully saturated rings. The number of nitrogens with zero attached hydrogens (tertiary/aromatic N) is 1. The van der Waals surface area contributed by atoms with Crippen LogP contribution in [0.3, 0.4) is 0 Å². The van der Waals surface area contributed by atoms with E-state index in [0.29, 0.717) is 36.1 Å². The molecular formula is C23H23N3O7S. The van der Waals surface area contributed by atoms with E-state index in [9.17, 15) is 13.2 Å². The molecule has 3 aromatic rings. The lowest BCUT2D eigenvalue weighted by atomic mass is 10.2. The highest BCUT2D eigenvalue weighted by molar-refractivity contribution is 7.89. The van der Waals surface area contributed by atoms with Crippen molar-refractivity contribution in [2.24, 2.45) is 0 Å². The summed E-state index contributed by atoms with van der Waals surface area (Å²) < 4.78 is 48.6. The number of ether oxygens (including phenoxy) is 4. The Hall–Kier alpha value is -3.54. The first-order valence-electron chi connectivity index (χ1n) is 10.7. The van der Waals surface area contributed by atoms with Gasteiger partial charge in [-0.25, -0.2) is 8.42 Å². The van der Waals surface area contributed by atoms with Crippen LogP contribution in [0.5, 0.6) is 17.2 Å². The number of H-pyrrole nitrogens is 1. The fourth-order valence-electron chi connectivity index (χ4n) is 3.66. The highest BCUT2D eigenvalue weighted by Gasteiger charge is 2.28. The molecule has 11 heteroatoms. The lowest BCUT2D eigenvalue weighted by Gasteiger charge is -2.25. The van der Waals surface area contributed by atoms with E-state index in [4.69, 9.17) is 18.9 Å². The van der Waals surface area contributed by atoms with Crippen LogP contribution in [0.25, 0.3) is 0 Å². The number of carbonyl (C=O) groups is 1. The monoisotopic (exact) mass is 485 g/mol. The summed E-state index contributed by atoms with van der Waals surface area (Å²) in [6, 6.07) is 13.9. The Kier molecular flexibility index (Phi) is 6.14. The van der Waals surface area contributed by atoms with Crippen LogP contribution in [0, 0.1) is 0 Å². The van der Waals surface area contributed by atoms with Gasteiger partial charge < -0.3 is 29.2 Å². The first-order chi connectivity index (χ1) is 16.5. The molecule has 178 valence electrons. The maximum Gasteiger partial charge on any atom is 0.272 e. The van der Waals surface area contributed by atoms with Gasteiger partial charge in [0.15, 0.2) is 11.5 Å². The maximum absolute atomic E-state index is 12.8. The number of morpholine rings is 1. The Balaban J connectivity index is 1.22. The normalized spacial score (nSPS) is 15.8. The molecule has 10 nitrogen and oxygen atoms in total. The Morgan fingerprint density at radius 1 is 1.06 bits per heavy atom. The molecule has 0 aliphatic carbocycles. The zero-order chi connectivity index (χ0) is 23.5. The van der Waals surface area contributed by atoms with E-state index in [0.717, 1.165) is 5.56 Å². The summed E-state index contributed by atoms with van der Waals surface area (Å²) >= 11 is 0. The molecule has 2 aliphatic rings. The molecule has 1 amide bonds. The third-order valence-electron chi connectivity index (χ3n) is 5.44. The molecule has 0 bridgehead atoms. The Morgan fingerprint density at radius 2 is 1.88 bits per heavy atom. The predicted octanol–water partition coefficient (Wildman–Crippen LogP) is 2.60. The quantitative estimate of drug-likeness (QED) is 0.528. The summed E-state index contributed by atoms with van der Waals surface area (Å²) in [7, 11) is -3.68. The van der Waals surface area contributed by atoms with Crippen molar-refractivity contribution in [3.63, 3.8) is 0 Å². The van der Waals surface area contributed by atoms with Crippen molar-refractivity contribution in [2.45, 2.75) is 11.5 Å². The van der Waals surface area contributed by atoms with Crippen molar-refractivity contribution in [3.05, 3.63) is 66.0 Å². The van der Waals surface area contributed by atoms with Crippen LogP contribution in [0.15, 0.2) is 59.6 Å². The topological polar surface area (TPSA) is 119 Å². The average molecular weight is 486 g/mol. The largest absolute Gasteiger partial charge is 0.489 e. The number of nitrogens with one attached hydrogen (secondary N) is 2. The molecule has 3 heterocycles. The summed E-state index contributed by atoms with van der Waals surface area (Å²) in [5.41, 5.74) is 1.55. The average Bonchev–Trinajstić information content (AvgIpc) is 3.54. The smallest absolute Gasteiger partial charge is 0.272 e. The molecule has 34 heavy (non-hydrogen) atoms. The summed E-state index contributed by atoms with van der Waals surface area (Å²) in [6.45, 7) is 1.76. The summed E-state index contributed by atoms with van der Waals surface area (Å²) in [4.78, 5) is 15.5. The molecular weight excluding hydrogens is 462 g/mol. The van der Waals surface area contributed by atoms with Crippen molar-refractivity contribution in [1.82, 2.24) is 9.29 Å². The molecule has 0 radical (unpaired) electrons. The van der Waals surface area contributed by atoms with Crippen LogP contribution < -0.4 is 19.5 Å². The Labute approximate surface area is 196 Å². The fourth-order valence-corrected chi connectivity index (χ4v) is 5.06. The molecule has 0 spiro atoms. The number of rotatable bonds is 7. The van der Waals surface area contributed by atoms with Crippen molar-refractivity contribution in [3.8, 4) is 17.2 Å². The number of fused-ring (bicyclic) bond motifs is 1. The van der Waals surface area contributed by atoms with E-state index in [1.165, 1.54) is 16.6 Å². The van der Waals surface area contributed by atoms with Crippen molar-refractivity contribution < 1.29 is 32.2 Å². The number of hydrogen-bond acceptors (Lipinski definition) is 7. The number of aromatic nitrogens is 1. The summed E-state index contributed by atoms with van der Waals surface area (Å²) in [5.74, 6) is 1.51. The van der Waals surface area contributed by atoms with Gasteiger partial charge in [0.1, 0.15) is 22.9 Å². The van der Waals surface area contributed by atoms with E-state index < -0.39 is 15.9 Å². The van der Waals surface area contributed by atoms with Gasteiger partial charge in [-0.1, -0.05) is 12.1 Å². The molecule has 2 aliphatic heterocycles. The lowest BCUT2D eigenvalue weighted by molar-refractivity contribution is 0.0730. The molecule has 0 unspecified atom stereocenters. The summed E-state index contributed by atoms with van der Waals surface area (Å²) in [6.07, 6.45) is 1.33. The van der Waals surface area contributed by atoms with Gasteiger partial charge in [-0.05, 0) is 35.9 Å². The standard InChI is InChI=1S/C23H23N3O7S/c27-23(20-12-19(13-24-20)34(28,29)26-6-8-30-9-7-26)25-17-3-1-2-16(10-17)14-31-18-4-5-21-22(11-18)33-15-32-21/h1-5,10-13,24H,6-9,14-15H2,(H,25,27). The van der Waals surface area contributed by atoms with Gasteiger partial charge in [-0.3, -0.25) is 4.79 Å². The van der Waals surface area contributed by atoms with Crippen molar-refractivity contribution in [2.75, 3.05) is 38.4 Å². The van der Waals surface area contributed by atoms with Crippen LogP contribution >= 0.6 is 0 Å². The van der Waals surface area contributed by atoms with Crippen molar-refractivity contribution >= 4 is 21.6 Å². The number of anilines is 1. The number of amides is 1. The zero-order valence-corrected chi connectivity index (χ0v) is 19.0. The second kappa shape index (κ2) is 9.37. The molecule has 2 N–H and O–H groups in total. The molecule has 0 saturated carbocycles. The summed E-state index contributed by atoms with van der Waals surface area (Å²) in [5, 5.41) is 2.78. The van der Waals surface area contributed by atoms with Crippen LogP contribution in [0.1, 0.15) is 16.1 Å². The van der Waals surface area contributed by atoms with Gasteiger partial charge in [-0.2, -0.15) is 4.31 Å². The van der Waals surface area contributed by atoms with Gasteiger partial charge >= 0.3 is 0 Å². The van der Waals surface area contributed by atoms with Crippen molar-refractivity contribution in [1.29, 1.82) is 0 Å². The predicted molar refractivity (Wildman–Crippen MR) is 122 cm³/mol. The van der Waals surface area contributed by atoms with Gasteiger partial charge in [0.25, 0.3) is 5.91 Å². The van der Waals surface area contributed by atoms with E-state index in [-0.39, 0.29) is 37.1 Å². The van der Waals surface area contributed by atoms with Crippen LogP contribution in [0.4, 0.5) is 5.69 Å². The first-order valence-corrected chi connectivity index (χ1v) is 12.1. The van der Waals surface area contributed by atoms with E-state index in [1.54, 1.807) is 36.4 Å². The van der Waals surface area contributed by atoms with Gasteiger partial charge in [0.05, 0.1) is 13.2 Å². The second-order valence-electron chi connectivity index (χ2n) is 7.72. The minimum Gasteiger partial charge on any atom is -0.489 e. The third kappa shape index (κ3) is 4.72. The molecule has 1 saturated heterocycles. The maximum atomic E-state index is 12.8. The number of aromatic amines is 1. The van der Waals surface area contributed by atoms with Crippen LogP contribution in [-0.2, 0) is 21.4 Å². The van der Waals surface area contributed by atoms with Gasteiger partial charge in [-0.15, -0.1) is 0 Å². The second-order valence-corrected chi connectivity index (χ2v) is 9.66. The van der Waals surface area contributed by atoms with E-state index >= 15 is 0 Å². The molecule has 2 aromatic carbocycles. The number of benzene rings is 2. The Bertz CT molecular complexity index is 1300. The van der Waals surface area contributed by atoms with E-state index in [1.807, 2.05) is 6.07 Å². The number of sulfonamides is 1. The molecule has 5 rings (SSSR count). The first kappa shape index (κ1) is 22.3. The van der Waals surface area contributed by atoms with Gasteiger partial charge in [0, 0.05) is 31.0 Å². The highest BCUT2D eigenvalue weighted by Crippen LogP contribution is 2.35. The lowest BCUT2D eigenvalue weighted by Crippen LogP contribution is -2.40. The minimum atomic E-state index is -3.68. The molecule has 0 atom stereocenters. The molecule has 1 aromatic heterocycles. The van der Waals surface area contributed by atoms with Crippen LogP contribution in [0.2, 0.25) is 0 Å². The minimum absolute atomic E-state index is 0.0467. The number of carbonyl (C=O) groups excluding carboxylic acids is 1. The Morgan fingerprint density at radius 3 is 2.74 bits per heavy atom. The zero-order valence-electron chi connectivity index (χ0n) is 18.2. The van der Waals surface area contributed by atoms with Crippen LogP contribution in [-0.4, -0.2) is 56.7 Å². The van der Waals surface area contributed by atoms with Gasteiger partial charge in [0.2, 0.25) is 16.8 Å². The van der Waals surface area contributed by atoms with E-state index in [2.05, 4.69) is 10.3 Å². The highest BCUT2D eigenvalue weighted by atomic mass is 32.2. The number of hydrogen-bond donors (Lipinski definition) is 2. The fraction of sp³-hybridized carbons (Fsp3) is 0.261. The SMILES string of the molecule is O=C(Nc1cccc(COc2ccc3c(c2)OCO3)c1)c1cc(S(=O)(=O)N2CCOCC2)c[nH]1. The third-order valence-corrected chi connectivity index (χ3v) is 7.32.